The Labute approximate surface area is 174 Å². The summed E-state index contributed by atoms with van der Waals surface area (Å²) >= 11 is 1.53. The summed E-state index contributed by atoms with van der Waals surface area (Å²) in [6.07, 6.45) is 3.89. The summed E-state index contributed by atoms with van der Waals surface area (Å²) in [7, 11) is 0. The third kappa shape index (κ3) is 4.94. The maximum absolute atomic E-state index is 12.4. The average molecular weight is 415 g/mol. The molecule has 4 rings (SSSR count). The number of carbonyl (C=O) groups excluding carboxylic acids is 2. The molecule has 2 heterocycles. The summed E-state index contributed by atoms with van der Waals surface area (Å²) in [5.41, 5.74) is 1.80. The van der Waals surface area contributed by atoms with Gasteiger partial charge in [0.25, 0.3) is 0 Å². The second-order valence-corrected chi connectivity index (χ2v) is 8.56. The first-order valence-corrected chi connectivity index (χ1v) is 11.0. The van der Waals surface area contributed by atoms with Gasteiger partial charge in [-0.1, -0.05) is 6.42 Å². The lowest BCUT2D eigenvalue weighted by molar-refractivity contribution is -0.122. The number of thiazole rings is 1. The Kier molecular flexibility index (Phi) is 6.10. The van der Waals surface area contributed by atoms with Gasteiger partial charge in [0.1, 0.15) is 5.75 Å². The maximum Gasteiger partial charge on any atom is 0.238 e. The molecule has 29 heavy (non-hydrogen) atoms. The highest BCUT2D eigenvalue weighted by Crippen LogP contribution is 2.31. The van der Waals surface area contributed by atoms with Crippen molar-refractivity contribution >= 4 is 34.0 Å². The van der Waals surface area contributed by atoms with Crippen LogP contribution < -0.4 is 15.4 Å². The van der Waals surface area contributed by atoms with Crippen LogP contribution in [0.3, 0.4) is 0 Å². The van der Waals surface area contributed by atoms with Crippen molar-refractivity contribution in [1.82, 2.24) is 9.88 Å². The molecule has 0 spiro atoms. The number of rotatable bonds is 7. The lowest BCUT2D eigenvalue weighted by atomic mass is 9.85. The lowest BCUT2D eigenvalue weighted by Gasteiger charge is -2.25. The van der Waals surface area contributed by atoms with Crippen LogP contribution in [0.4, 0.5) is 10.8 Å². The molecule has 1 aromatic carbocycles. The van der Waals surface area contributed by atoms with Gasteiger partial charge in [0, 0.05) is 36.0 Å². The molecule has 2 amide bonds. The number of fused-ring (bicyclic) bond motifs is 1. The van der Waals surface area contributed by atoms with Crippen LogP contribution in [0.15, 0.2) is 24.3 Å². The molecule has 1 fully saturated rings. The Balaban J connectivity index is 1.29. The molecule has 1 aliphatic carbocycles. The normalized spacial score (nSPS) is 16.6. The van der Waals surface area contributed by atoms with E-state index in [0.717, 1.165) is 54.2 Å². The number of anilines is 2. The van der Waals surface area contributed by atoms with Gasteiger partial charge in [0.2, 0.25) is 11.8 Å². The van der Waals surface area contributed by atoms with Gasteiger partial charge in [-0.25, -0.2) is 4.98 Å². The number of hydrogen-bond acceptors (Lipinski definition) is 6. The Morgan fingerprint density at radius 3 is 2.72 bits per heavy atom. The minimum Gasteiger partial charge on any atom is -0.494 e. The number of amides is 2. The van der Waals surface area contributed by atoms with E-state index in [0.29, 0.717) is 24.8 Å². The lowest BCUT2D eigenvalue weighted by Crippen LogP contribution is -2.36. The molecule has 0 radical (unpaired) electrons. The second-order valence-electron chi connectivity index (χ2n) is 7.47. The fraction of sp³-hybridized carbons (Fsp3) is 0.476. The quantitative estimate of drug-likeness (QED) is 0.726. The van der Waals surface area contributed by atoms with Gasteiger partial charge in [-0.05, 0) is 44.0 Å². The largest absolute Gasteiger partial charge is 0.494 e. The molecular weight excluding hydrogens is 388 g/mol. The molecule has 1 saturated carbocycles. The Hall–Kier alpha value is -2.45. The van der Waals surface area contributed by atoms with Crippen molar-refractivity contribution in [3.8, 4) is 5.75 Å². The number of benzene rings is 1. The zero-order chi connectivity index (χ0) is 20.2. The van der Waals surface area contributed by atoms with E-state index in [4.69, 9.17) is 4.74 Å². The highest BCUT2D eigenvalue weighted by atomic mass is 32.1. The molecule has 0 unspecified atom stereocenters. The van der Waals surface area contributed by atoms with Gasteiger partial charge < -0.3 is 15.4 Å². The summed E-state index contributed by atoms with van der Waals surface area (Å²) in [5, 5.41) is 6.58. The first kappa shape index (κ1) is 19.8. The number of aromatic nitrogens is 1. The van der Waals surface area contributed by atoms with Gasteiger partial charge >= 0.3 is 0 Å². The fourth-order valence-electron chi connectivity index (χ4n) is 3.52. The summed E-state index contributed by atoms with van der Waals surface area (Å²) in [4.78, 5) is 32.4. The van der Waals surface area contributed by atoms with E-state index in [-0.39, 0.29) is 17.7 Å². The predicted octanol–water partition coefficient (Wildman–Crippen LogP) is 3.28. The fourth-order valence-corrected chi connectivity index (χ4v) is 4.57. The molecule has 1 aromatic heterocycles. The van der Waals surface area contributed by atoms with Crippen molar-refractivity contribution in [3.63, 3.8) is 0 Å². The summed E-state index contributed by atoms with van der Waals surface area (Å²) in [6, 6.07) is 7.39. The minimum atomic E-state index is -0.0411. The summed E-state index contributed by atoms with van der Waals surface area (Å²) in [6.45, 7) is 4.35. The van der Waals surface area contributed by atoms with Crippen LogP contribution in [-0.4, -0.2) is 41.4 Å². The topological polar surface area (TPSA) is 83.6 Å². The molecule has 0 bridgehead atoms. The number of nitrogens with one attached hydrogen (secondary N) is 2. The SMILES string of the molecule is CCOc1ccc(NC(=O)CN2CCc3nc(NC(=O)C4CCC4)sc3C2)cc1. The van der Waals surface area contributed by atoms with Crippen molar-refractivity contribution in [2.24, 2.45) is 5.92 Å². The second kappa shape index (κ2) is 8.92. The Bertz CT molecular complexity index is 877. The van der Waals surface area contributed by atoms with Crippen molar-refractivity contribution in [2.75, 3.05) is 30.3 Å². The summed E-state index contributed by atoms with van der Waals surface area (Å²) < 4.78 is 5.42. The van der Waals surface area contributed by atoms with Gasteiger partial charge in [0.15, 0.2) is 5.13 Å². The average Bonchev–Trinajstić information content (AvgIpc) is 3.03. The highest BCUT2D eigenvalue weighted by Gasteiger charge is 2.27. The molecule has 0 atom stereocenters. The third-order valence-electron chi connectivity index (χ3n) is 5.33. The van der Waals surface area contributed by atoms with Crippen LogP contribution in [0, 0.1) is 5.92 Å². The zero-order valence-corrected chi connectivity index (χ0v) is 17.4. The van der Waals surface area contributed by atoms with Crippen LogP contribution >= 0.6 is 11.3 Å². The predicted molar refractivity (Wildman–Crippen MR) is 113 cm³/mol. The van der Waals surface area contributed by atoms with Gasteiger partial charge in [-0.3, -0.25) is 14.5 Å². The molecule has 2 N–H and O–H groups in total. The van der Waals surface area contributed by atoms with E-state index in [1.165, 1.54) is 11.3 Å². The first-order chi connectivity index (χ1) is 14.1. The molecule has 1 aliphatic heterocycles. The van der Waals surface area contributed by atoms with Crippen molar-refractivity contribution < 1.29 is 14.3 Å². The standard InChI is InChI=1S/C21H26N4O3S/c1-2-28-16-8-6-15(7-9-16)22-19(26)13-25-11-10-17-18(12-25)29-21(23-17)24-20(27)14-4-3-5-14/h6-9,14H,2-5,10-13H2,1H3,(H,22,26)(H,23,24,27). The molecule has 0 saturated heterocycles. The monoisotopic (exact) mass is 414 g/mol. The maximum atomic E-state index is 12.4. The molecule has 154 valence electrons. The van der Waals surface area contributed by atoms with Crippen LogP contribution in [0.1, 0.15) is 36.8 Å². The van der Waals surface area contributed by atoms with Gasteiger partial charge in [-0.2, -0.15) is 0 Å². The van der Waals surface area contributed by atoms with Gasteiger partial charge in [-0.15, -0.1) is 11.3 Å². The molecule has 7 nitrogen and oxygen atoms in total. The highest BCUT2D eigenvalue weighted by molar-refractivity contribution is 7.15. The first-order valence-electron chi connectivity index (χ1n) is 10.1. The van der Waals surface area contributed by atoms with E-state index in [1.54, 1.807) is 0 Å². The van der Waals surface area contributed by atoms with Crippen molar-refractivity contribution in [1.29, 1.82) is 0 Å². The van der Waals surface area contributed by atoms with E-state index < -0.39 is 0 Å². The Morgan fingerprint density at radius 1 is 1.24 bits per heavy atom. The zero-order valence-electron chi connectivity index (χ0n) is 16.6. The smallest absolute Gasteiger partial charge is 0.238 e. The van der Waals surface area contributed by atoms with E-state index in [1.807, 2.05) is 31.2 Å². The molecule has 8 heteroatoms. The number of ether oxygens (including phenoxy) is 1. The van der Waals surface area contributed by atoms with E-state index in [9.17, 15) is 9.59 Å². The van der Waals surface area contributed by atoms with Crippen LogP contribution in [0.25, 0.3) is 0 Å². The molecule has 2 aliphatic rings. The third-order valence-corrected chi connectivity index (χ3v) is 6.33. The molecule has 2 aromatic rings. The van der Waals surface area contributed by atoms with E-state index >= 15 is 0 Å². The van der Waals surface area contributed by atoms with Gasteiger partial charge in [0.05, 0.1) is 18.8 Å². The van der Waals surface area contributed by atoms with Crippen LogP contribution in [0.2, 0.25) is 0 Å². The van der Waals surface area contributed by atoms with Crippen LogP contribution in [-0.2, 0) is 22.6 Å². The number of hydrogen-bond donors (Lipinski definition) is 2. The minimum absolute atomic E-state index is 0.0411. The number of nitrogens with zero attached hydrogens (tertiary/aromatic N) is 2. The van der Waals surface area contributed by atoms with Crippen molar-refractivity contribution in [2.45, 2.75) is 39.2 Å². The van der Waals surface area contributed by atoms with E-state index in [2.05, 4.69) is 20.5 Å². The molecular formula is C21H26N4O3S. The number of carbonyl (C=O) groups is 2. The van der Waals surface area contributed by atoms with Crippen LogP contribution in [0.5, 0.6) is 5.75 Å². The van der Waals surface area contributed by atoms with Crippen molar-refractivity contribution in [3.05, 3.63) is 34.8 Å². The Morgan fingerprint density at radius 2 is 2.03 bits per heavy atom. The summed E-state index contributed by atoms with van der Waals surface area (Å²) in [5.74, 6) is 0.993.